The molecule has 0 saturated carbocycles. The Morgan fingerprint density at radius 1 is 1.13 bits per heavy atom. The highest BCUT2D eigenvalue weighted by molar-refractivity contribution is 5.83. The molecule has 2 rings (SSSR count). The molecule has 0 aliphatic carbocycles. The Labute approximate surface area is 137 Å². The molecule has 2 aromatic rings. The first kappa shape index (κ1) is 16.8. The van der Waals surface area contributed by atoms with Crippen LogP contribution < -0.4 is 10.6 Å². The zero-order chi connectivity index (χ0) is 16.9. The van der Waals surface area contributed by atoms with Gasteiger partial charge in [-0.3, -0.25) is 5.32 Å². The van der Waals surface area contributed by atoms with Gasteiger partial charge in [-0.1, -0.05) is 30.3 Å². The SMILES string of the molecule is CC(Nc1ccc(NC(=O)OC(C)(C)C)nc1)c1ccccc1. The zero-order valence-corrected chi connectivity index (χ0v) is 14.0. The van der Waals surface area contributed by atoms with Gasteiger partial charge in [0.1, 0.15) is 11.4 Å². The van der Waals surface area contributed by atoms with Crippen molar-refractivity contribution >= 4 is 17.6 Å². The minimum atomic E-state index is -0.531. The molecule has 1 atom stereocenters. The van der Waals surface area contributed by atoms with Crippen LogP contribution in [-0.4, -0.2) is 16.7 Å². The van der Waals surface area contributed by atoms with E-state index in [-0.39, 0.29) is 6.04 Å². The Balaban J connectivity index is 1.93. The van der Waals surface area contributed by atoms with Crippen molar-refractivity contribution in [2.75, 3.05) is 10.6 Å². The second-order valence-corrected chi connectivity index (χ2v) is 6.34. The van der Waals surface area contributed by atoms with Gasteiger partial charge in [-0.15, -0.1) is 0 Å². The van der Waals surface area contributed by atoms with Crippen molar-refractivity contribution in [1.82, 2.24) is 4.98 Å². The van der Waals surface area contributed by atoms with E-state index < -0.39 is 11.7 Å². The maximum absolute atomic E-state index is 11.7. The van der Waals surface area contributed by atoms with Crippen LogP contribution in [0.2, 0.25) is 0 Å². The molecular weight excluding hydrogens is 290 g/mol. The number of ether oxygens (including phenoxy) is 1. The molecule has 122 valence electrons. The zero-order valence-electron chi connectivity index (χ0n) is 14.0. The van der Waals surface area contributed by atoms with Crippen molar-refractivity contribution in [1.29, 1.82) is 0 Å². The third-order valence-corrected chi connectivity index (χ3v) is 3.08. The van der Waals surface area contributed by atoms with Crippen molar-refractivity contribution in [2.45, 2.75) is 39.3 Å². The van der Waals surface area contributed by atoms with Gasteiger partial charge in [0.25, 0.3) is 0 Å². The largest absolute Gasteiger partial charge is 0.444 e. The number of anilines is 2. The van der Waals surface area contributed by atoms with Gasteiger partial charge >= 0.3 is 6.09 Å². The Bertz CT molecular complexity index is 634. The minimum absolute atomic E-state index is 0.169. The number of aromatic nitrogens is 1. The van der Waals surface area contributed by atoms with Crippen LogP contribution in [0.5, 0.6) is 0 Å². The average molecular weight is 313 g/mol. The number of hydrogen-bond acceptors (Lipinski definition) is 4. The normalized spacial score (nSPS) is 12.3. The molecule has 23 heavy (non-hydrogen) atoms. The predicted octanol–water partition coefficient (Wildman–Crippen LogP) is 4.60. The Morgan fingerprint density at radius 3 is 2.39 bits per heavy atom. The molecular formula is C18H23N3O2. The molecule has 1 unspecified atom stereocenters. The van der Waals surface area contributed by atoms with E-state index in [1.807, 2.05) is 45.0 Å². The molecule has 0 radical (unpaired) electrons. The van der Waals surface area contributed by atoms with E-state index in [2.05, 4.69) is 34.7 Å². The summed E-state index contributed by atoms with van der Waals surface area (Å²) in [6.45, 7) is 7.54. The van der Waals surface area contributed by atoms with Gasteiger partial charge in [-0.2, -0.15) is 0 Å². The fourth-order valence-corrected chi connectivity index (χ4v) is 2.04. The summed E-state index contributed by atoms with van der Waals surface area (Å²) in [6, 6.07) is 14.0. The minimum Gasteiger partial charge on any atom is -0.444 e. The molecule has 1 aromatic carbocycles. The number of carbonyl (C=O) groups excluding carboxylic acids is 1. The number of benzene rings is 1. The third-order valence-electron chi connectivity index (χ3n) is 3.08. The Morgan fingerprint density at radius 2 is 1.83 bits per heavy atom. The maximum Gasteiger partial charge on any atom is 0.413 e. The fraction of sp³-hybridized carbons (Fsp3) is 0.333. The van der Waals surface area contributed by atoms with Crippen LogP contribution >= 0.6 is 0 Å². The molecule has 0 spiro atoms. The molecule has 0 saturated heterocycles. The van der Waals surface area contributed by atoms with Crippen LogP contribution in [-0.2, 0) is 4.74 Å². The molecule has 2 N–H and O–H groups in total. The van der Waals surface area contributed by atoms with Crippen LogP contribution in [0.15, 0.2) is 48.7 Å². The predicted molar refractivity (Wildman–Crippen MR) is 92.6 cm³/mol. The van der Waals surface area contributed by atoms with Gasteiger partial charge in [0, 0.05) is 6.04 Å². The summed E-state index contributed by atoms with van der Waals surface area (Å²) in [5.74, 6) is 0.456. The van der Waals surface area contributed by atoms with E-state index >= 15 is 0 Å². The van der Waals surface area contributed by atoms with Gasteiger partial charge in [0.15, 0.2) is 0 Å². The molecule has 0 aliphatic heterocycles. The Kier molecular flexibility index (Phi) is 5.21. The van der Waals surface area contributed by atoms with E-state index in [0.717, 1.165) is 5.69 Å². The summed E-state index contributed by atoms with van der Waals surface area (Å²) in [7, 11) is 0. The van der Waals surface area contributed by atoms with Crippen LogP contribution in [0.1, 0.15) is 39.3 Å². The summed E-state index contributed by atoms with van der Waals surface area (Å²) in [5, 5.41) is 5.98. The van der Waals surface area contributed by atoms with E-state index in [9.17, 15) is 4.79 Å². The molecule has 0 fully saturated rings. The maximum atomic E-state index is 11.7. The van der Waals surface area contributed by atoms with Crippen molar-refractivity contribution in [2.24, 2.45) is 0 Å². The molecule has 1 aromatic heterocycles. The lowest BCUT2D eigenvalue weighted by Crippen LogP contribution is -2.27. The molecule has 1 amide bonds. The summed E-state index contributed by atoms with van der Waals surface area (Å²) in [5.41, 5.74) is 1.55. The summed E-state index contributed by atoms with van der Waals surface area (Å²) in [6.07, 6.45) is 1.18. The lowest BCUT2D eigenvalue weighted by molar-refractivity contribution is 0.0635. The number of hydrogen-bond donors (Lipinski definition) is 2. The number of amides is 1. The quantitative estimate of drug-likeness (QED) is 0.865. The molecule has 1 heterocycles. The monoisotopic (exact) mass is 313 g/mol. The highest BCUT2D eigenvalue weighted by Gasteiger charge is 2.16. The van der Waals surface area contributed by atoms with Gasteiger partial charge in [-0.25, -0.2) is 9.78 Å². The standard InChI is InChI=1S/C18H23N3O2/c1-13(14-8-6-5-7-9-14)20-15-10-11-16(19-12-15)21-17(22)23-18(2,3)4/h5-13,20H,1-4H3,(H,19,21,22). The van der Waals surface area contributed by atoms with Crippen LogP contribution in [0.4, 0.5) is 16.3 Å². The first-order valence-electron chi connectivity index (χ1n) is 7.61. The third kappa shape index (κ3) is 5.62. The average Bonchev–Trinajstić information content (AvgIpc) is 2.48. The van der Waals surface area contributed by atoms with Crippen molar-refractivity contribution in [3.8, 4) is 0 Å². The van der Waals surface area contributed by atoms with Crippen LogP contribution in [0, 0.1) is 0 Å². The second kappa shape index (κ2) is 7.13. The summed E-state index contributed by atoms with van der Waals surface area (Å²) >= 11 is 0. The van der Waals surface area contributed by atoms with Crippen LogP contribution in [0.3, 0.4) is 0 Å². The van der Waals surface area contributed by atoms with Gasteiger partial charge in [0.05, 0.1) is 11.9 Å². The highest BCUT2D eigenvalue weighted by Crippen LogP contribution is 2.19. The Hall–Kier alpha value is -2.56. The van der Waals surface area contributed by atoms with E-state index in [1.54, 1.807) is 12.3 Å². The van der Waals surface area contributed by atoms with Crippen molar-refractivity contribution < 1.29 is 9.53 Å². The fourth-order valence-electron chi connectivity index (χ4n) is 2.04. The number of rotatable bonds is 4. The molecule has 0 aliphatic rings. The van der Waals surface area contributed by atoms with E-state index in [1.165, 1.54) is 5.56 Å². The first-order chi connectivity index (χ1) is 10.8. The topological polar surface area (TPSA) is 63.2 Å². The van der Waals surface area contributed by atoms with E-state index in [0.29, 0.717) is 5.82 Å². The number of nitrogens with zero attached hydrogens (tertiary/aromatic N) is 1. The molecule has 5 nitrogen and oxygen atoms in total. The lowest BCUT2D eigenvalue weighted by Gasteiger charge is -2.19. The molecule has 5 heteroatoms. The van der Waals surface area contributed by atoms with Crippen molar-refractivity contribution in [3.05, 3.63) is 54.2 Å². The smallest absolute Gasteiger partial charge is 0.413 e. The first-order valence-corrected chi connectivity index (χ1v) is 7.61. The van der Waals surface area contributed by atoms with E-state index in [4.69, 9.17) is 4.74 Å². The highest BCUT2D eigenvalue weighted by atomic mass is 16.6. The number of nitrogens with one attached hydrogen (secondary N) is 2. The second-order valence-electron chi connectivity index (χ2n) is 6.34. The van der Waals surface area contributed by atoms with Gasteiger partial charge in [-0.05, 0) is 45.4 Å². The molecule has 0 bridgehead atoms. The van der Waals surface area contributed by atoms with Crippen LogP contribution in [0.25, 0.3) is 0 Å². The number of pyridine rings is 1. The summed E-state index contributed by atoms with van der Waals surface area (Å²) in [4.78, 5) is 15.9. The summed E-state index contributed by atoms with van der Waals surface area (Å²) < 4.78 is 5.19. The van der Waals surface area contributed by atoms with Crippen molar-refractivity contribution in [3.63, 3.8) is 0 Å². The lowest BCUT2D eigenvalue weighted by atomic mass is 10.1. The van der Waals surface area contributed by atoms with Gasteiger partial charge < -0.3 is 10.1 Å². The number of carbonyl (C=O) groups is 1. The van der Waals surface area contributed by atoms with Gasteiger partial charge in [0.2, 0.25) is 0 Å².